The summed E-state index contributed by atoms with van der Waals surface area (Å²) in [6, 6.07) is 1.56. The van der Waals surface area contributed by atoms with Crippen molar-refractivity contribution >= 4 is 5.97 Å². The number of carbonyl (C=O) groups is 1. The van der Waals surface area contributed by atoms with Crippen molar-refractivity contribution in [2.45, 2.75) is 19.9 Å². The predicted molar refractivity (Wildman–Crippen MR) is 59.6 cm³/mol. The highest BCUT2D eigenvalue weighted by atomic mass is 19.1. The largest absolute Gasteiger partial charge is 0.480 e. The van der Waals surface area contributed by atoms with Gasteiger partial charge in [0.05, 0.1) is 0 Å². The lowest BCUT2D eigenvalue weighted by Crippen LogP contribution is -2.32. The van der Waals surface area contributed by atoms with Gasteiger partial charge < -0.3 is 10.4 Å². The van der Waals surface area contributed by atoms with Crippen molar-refractivity contribution in [3.63, 3.8) is 0 Å². The van der Waals surface area contributed by atoms with E-state index in [9.17, 15) is 13.6 Å². The van der Waals surface area contributed by atoms with Gasteiger partial charge in [-0.25, -0.2) is 8.78 Å². The minimum absolute atomic E-state index is 0.182. The van der Waals surface area contributed by atoms with E-state index < -0.39 is 23.6 Å². The molecule has 0 radical (unpaired) electrons. The highest BCUT2D eigenvalue weighted by Gasteiger charge is 2.23. The van der Waals surface area contributed by atoms with Gasteiger partial charge in [-0.05, 0) is 30.7 Å². The van der Waals surface area contributed by atoms with Gasteiger partial charge in [-0.1, -0.05) is 13.8 Å². The van der Waals surface area contributed by atoms with Gasteiger partial charge in [0.15, 0.2) is 0 Å². The molecule has 0 spiro atoms. The summed E-state index contributed by atoms with van der Waals surface area (Å²) in [5, 5.41) is 11.7. The Hall–Kier alpha value is -1.49. The van der Waals surface area contributed by atoms with E-state index >= 15 is 0 Å². The smallest absolute Gasteiger partial charge is 0.325 e. The molecule has 0 fully saturated rings. The minimum atomic E-state index is -1.23. The van der Waals surface area contributed by atoms with Crippen molar-refractivity contribution in [2.24, 2.45) is 5.92 Å². The Labute approximate surface area is 98.5 Å². The van der Waals surface area contributed by atoms with E-state index in [1.807, 2.05) is 13.8 Å². The van der Waals surface area contributed by atoms with E-state index in [-0.39, 0.29) is 11.5 Å². The van der Waals surface area contributed by atoms with Crippen LogP contribution in [0.2, 0.25) is 0 Å². The lowest BCUT2D eigenvalue weighted by molar-refractivity contribution is -0.139. The van der Waals surface area contributed by atoms with Crippen molar-refractivity contribution in [2.75, 3.05) is 6.54 Å². The first-order valence-electron chi connectivity index (χ1n) is 5.33. The van der Waals surface area contributed by atoms with Crippen molar-refractivity contribution in [3.05, 3.63) is 35.4 Å². The van der Waals surface area contributed by atoms with Crippen LogP contribution < -0.4 is 5.32 Å². The molecular formula is C12H15F2NO2. The zero-order valence-corrected chi connectivity index (χ0v) is 9.71. The monoisotopic (exact) mass is 243 g/mol. The van der Waals surface area contributed by atoms with Crippen LogP contribution in [0.1, 0.15) is 25.5 Å². The molecule has 0 aliphatic rings. The number of hydrogen-bond acceptors (Lipinski definition) is 2. The lowest BCUT2D eigenvalue weighted by Gasteiger charge is -2.17. The maximum atomic E-state index is 13.4. The van der Waals surface area contributed by atoms with Gasteiger partial charge in [-0.15, -0.1) is 0 Å². The number of rotatable bonds is 5. The van der Waals surface area contributed by atoms with E-state index in [0.29, 0.717) is 6.54 Å². The fourth-order valence-electron chi connectivity index (χ4n) is 1.42. The van der Waals surface area contributed by atoms with Crippen molar-refractivity contribution in [1.82, 2.24) is 5.32 Å². The molecule has 1 aromatic rings. The van der Waals surface area contributed by atoms with Crippen molar-refractivity contribution in [3.8, 4) is 0 Å². The van der Waals surface area contributed by atoms with Gasteiger partial charge in [-0.2, -0.15) is 0 Å². The summed E-state index contributed by atoms with van der Waals surface area (Å²) in [6.07, 6.45) is 0. The van der Waals surface area contributed by atoms with Crippen molar-refractivity contribution in [1.29, 1.82) is 0 Å². The van der Waals surface area contributed by atoms with Crippen LogP contribution >= 0.6 is 0 Å². The van der Waals surface area contributed by atoms with E-state index in [0.717, 1.165) is 18.2 Å². The van der Waals surface area contributed by atoms with Crippen LogP contribution in [0.25, 0.3) is 0 Å². The van der Waals surface area contributed by atoms with Gasteiger partial charge in [0.1, 0.15) is 17.7 Å². The van der Waals surface area contributed by atoms with Gasteiger partial charge in [0, 0.05) is 5.56 Å². The number of nitrogens with one attached hydrogen (secondary N) is 1. The molecule has 0 aliphatic heterocycles. The van der Waals surface area contributed by atoms with Crippen LogP contribution in [0.4, 0.5) is 8.78 Å². The van der Waals surface area contributed by atoms with Crippen LogP contribution in [0.5, 0.6) is 0 Å². The third-order valence-corrected chi connectivity index (χ3v) is 2.25. The quantitative estimate of drug-likeness (QED) is 0.834. The number of carboxylic acids is 1. The standard InChI is InChI=1S/C12H15F2NO2/c1-7(2)6-15-11(12(16)17)9-5-8(13)3-4-10(9)14/h3-5,7,11,15H,6H2,1-2H3,(H,16,17). The molecule has 0 aromatic heterocycles. The molecule has 0 heterocycles. The van der Waals surface area contributed by atoms with Gasteiger partial charge in [0.25, 0.3) is 0 Å². The topological polar surface area (TPSA) is 49.3 Å². The Morgan fingerprint density at radius 2 is 2.06 bits per heavy atom. The average Bonchev–Trinajstić information content (AvgIpc) is 2.22. The minimum Gasteiger partial charge on any atom is -0.480 e. The van der Waals surface area contributed by atoms with Crippen molar-refractivity contribution < 1.29 is 18.7 Å². The summed E-state index contributed by atoms with van der Waals surface area (Å²) >= 11 is 0. The molecule has 0 aliphatic carbocycles. The molecule has 0 saturated carbocycles. The van der Waals surface area contributed by atoms with Crippen LogP contribution in [-0.2, 0) is 4.79 Å². The van der Waals surface area contributed by atoms with Crippen LogP contribution in [0.15, 0.2) is 18.2 Å². The van der Waals surface area contributed by atoms with Crippen LogP contribution in [0.3, 0.4) is 0 Å². The van der Waals surface area contributed by atoms with Gasteiger partial charge >= 0.3 is 5.97 Å². The SMILES string of the molecule is CC(C)CNC(C(=O)O)c1cc(F)ccc1F. The average molecular weight is 243 g/mol. The number of carboxylic acid groups (broad SMARTS) is 1. The molecular weight excluding hydrogens is 228 g/mol. The fraction of sp³-hybridized carbons (Fsp3) is 0.417. The molecule has 1 atom stereocenters. The first kappa shape index (κ1) is 13.6. The predicted octanol–water partition coefficient (Wildman–Crippen LogP) is 2.34. The molecule has 1 rings (SSSR count). The summed E-state index contributed by atoms with van der Waals surface area (Å²) in [4.78, 5) is 11.0. The summed E-state index contributed by atoms with van der Waals surface area (Å²) in [5.41, 5.74) is -0.182. The zero-order valence-electron chi connectivity index (χ0n) is 9.71. The molecule has 0 saturated heterocycles. The number of benzene rings is 1. The normalized spacial score (nSPS) is 12.8. The van der Waals surface area contributed by atoms with E-state index in [1.54, 1.807) is 0 Å². The second-order valence-electron chi connectivity index (χ2n) is 4.24. The molecule has 3 nitrogen and oxygen atoms in total. The molecule has 1 unspecified atom stereocenters. The van der Waals surface area contributed by atoms with E-state index in [1.165, 1.54) is 0 Å². The lowest BCUT2D eigenvalue weighted by atomic mass is 10.1. The second kappa shape index (κ2) is 5.72. The molecule has 2 N–H and O–H groups in total. The summed E-state index contributed by atoms with van der Waals surface area (Å²) in [5.74, 6) is -2.39. The first-order valence-corrected chi connectivity index (χ1v) is 5.33. The molecule has 5 heteroatoms. The van der Waals surface area contributed by atoms with Crippen LogP contribution in [0, 0.1) is 17.6 Å². The summed E-state index contributed by atoms with van der Waals surface area (Å²) in [6.45, 7) is 4.20. The van der Waals surface area contributed by atoms with Gasteiger partial charge in [0.2, 0.25) is 0 Å². The molecule has 0 bridgehead atoms. The summed E-state index contributed by atoms with van der Waals surface area (Å²) in [7, 11) is 0. The highest BCUT2D eigenvalue weighted by molar-refractivity contribution is 5.75. The van der Waals surface area contributed by atoms with E-state index in [4.69, 9.17) is 5.11 Å². The Balaban J connectivity index is 2.97. The Bertz CT molecular complexity index is 407. The molecule has 1 aromatic carbocycles. The van der Waals surface area contributed by atoms with E-state index in [2.05, 4.69) is 5.32 Å². The number of hydrogen-bond donors (Lipinski definition) is 2. The number of halogens is 2. The Morgan fingerprint density at radius 3 is 2.59 bits per heavy atom. The molecule has 0 amide bonds. The Kier molecular flexibility index (Phi) is 4.57. The van der Waals surface area contributed by atoms with Gasteiger partial charge in [-0.3, -0.25) is 4.79 Å². The highest BCUT2D eigenvalue weighted by Crippen LogP contribution is 2.19. The zero-order chi connectivity index (χ0) is 13.0. The third kappa shape index (κ3) is 3.78. The van der Waals surface area contributed by atoms with Crippen LogP contribution in [-0.4, -0.2) is 17.6 Å². The maximum Gasteiger partial charge on any atom is 0.325 e. The second-order valence-corrected chi connectivity index (χ2v) is 4.24. The fourth-order valence-corrected chi connectivity index (χ4v) is 1.42. The third-order valence-electron chi connectivity index (χ3n) is 2.25. The Morgan fingerprint density at radius 1 is 1.41 bits per heavy atom. The maximum absolute atomic E-state index is 13.4. The molecule has 94 valence electrons. The number of aliphatic carboxylic acids is 1. The molecule has 17 heavy (non-hydrogen) atoms. The summed E-state index contributed by atoms with van der Waals surface area (Å²) < 4.78 is 26.4. The first-order chi connectivity index (χ1) is 7.91.